The molecule has 0 saturated heterocycles. The van der Waals surface area contributed by atoms with Gasteiger partial charge in [0.05, 0.1) is 0 Å². The summed E-state index contributed by atoms with van der Waals surface area (Å²) in [6, 6.07) is 0.273. The molecule has 0 aromatic rings. The molecule has 2 nitrogen and oxygen atoms in total. The van der Waals surface area contributed by atoms with E-state index in [2.05, 4.69) is 18.8 Å². The number of hydrogen-bond acceptors (Lipinski definition) is 2. The molecule has 0 aliphatic heterocycles. The van der Waals surface area contributed by atoms with Crippen LogP contribution >= 0.6 is 0 Å². The monoisotopic (exact) mass is 344 g/mol. The first-order valence-corrected chi connectivity index (χ1v) is 5.73. The molecule has 0 bridgehead atoms. The zero-order chi connectivity index (χ0) is 11.2. The first kappa shape index (κ1) is 18.3. The van der Waals surface area contributed by atoms with E-state index in [4.69, 9.17) is 0 Å². The summed E-state index contributed by atoms with van der Waals surface area (Å²) in [5, 5.41) is 10.4. The van der Waals surface area contributed by atoms with Gasteiger partial charge in [0.1, 0.15) is 5.60 Å². The molecule has 0 aromatic carbocycles. The molecule has 0 rings (SSSR count). The summed E-state index contributed by atoms with van der Waals surface area (Å²) in [6.45, 7) is 10.2. The van der Waals surface area contributed by atoms with Gasteiger partial charge in [-0.2, -0.15) is 0 Å². The minimum atomic E-state index is -0.659. The third kappa shape index (κ3) is 7.00. The van der Waals surface area contributed by atoms with Crippen LogP contribution in [0, 0.1) is 40.4 Å². The SMILES string of the molecule is CCCC(O)(CCC)C(C)=NC(C)C.[Pm]. The Morgan fingerprint density at radius 2 is 1.60 bits per heavy atom. The van der Waals surface area contributed by atoms with Gasteiger partial charge in [-0.3, -0.25) is 4.99 Å². The van der Waals surface area contributed by atoms with Gasteiger partial charge in [0, 0.05) is 52.1 Å². The predicted octanol–water partition coefficient (Wildman–Crippen LogP) is 3.19. The third-order valence-electron chi connectivity index (χ3n) is 2.45. The summed E-state index contributed by atoms with van der Waals surface area (Å²) in [5.74, 6) is 0. The Morgan fingerprint density at radius 1 is 1.20 bits per heavy atom. The fourth-order valence-corrected chi connectivity index (χ4v) is 1.82. The second kappa shape index (κ2) is 9.05. The second-order valence-corrected chi connectivity index (χ2v) is 4.34. The summed E-state index contributed by atoms with van der Waals surface area (Å²) in [5.41, 5.74) is 0.240. The normalized spacial score (nSPS) is 12.9. The van der Waals surface area contributed by atoms with Gasteiger partial charge in [-0.1, -0.05) is 26.7 Å². The number of nitrogens with zero attached hydrogens (tertiary/aromatic N) is 1. The third-order valence-corrected chi connectivity index (χ3v) is 2.45. The summed E-state index contributed by atoms with van der Waals surface area (Å²) >= 11 is 0. The molecule has 0 aromatic heterocycles. The van der Waals surface area contributed by atoms with Crippen molar-refractivity contribution < 1.29 is 45.5 Å². The molecule has 0 unspecified atom stereocenters. The smallest absolute Gasteiger partial charge is 0.102 e. The molecule has 0 fully saturated rings. The molecule has 1 N–H and O–H groups in total. The van der Waals surface area contributed by atoms with Crippen molar-refractivity contribution >= 4 is 5.71 Å². The van der Waals surface area contributed by atoms with Crippen molar-refractivity contribution in [3.8, 4) is 0 Å². The molecular formula is C12H25NOPm. The molecule has 0 aliphatic carbocycles. The van der Waals surface area contributed by atoms with Crippen LogP contribution in [0.4, 0.5) is 0 Å². The van der Waals surface area contributed by atoms with Gasteiger partial charge >= 0.3 is 0 Å². The maximum atomic E-state index is 10.4. The molecule has 0 heterocycles. The molecule has 0 saturated carbocycles. The van der Waals surface area contributed by atoms with Crippen LogP contribution in [0.3, 0.4) is 0 Å². The summed E-state index contributed by atoms with van der Waals surface area (Å²) in [7, 11) is 0. The summed E-state index contributed by atoms with van der Waals surface area (Å²) < 4.78 is 0. The predicted molar refractivity (Wildman–Crippen MR) is 63.0 cm³/mol. The Balaban J connectivity index is 0. The molecule has 89 valence electrons. The Morgan fingerprint density at radius 3 is 1.87 bits per heavy atom. The van der Waals surface area contributed by atoms with E-state index in [0.717, 1.165) is 31.4 Å². The topological polar surface area (TPSA) is 32.6 Å². The van der Waals surface area contributed by atoms with E-state index in [-0.39, 0.29) is 46.4 Å². The van der Waals surface area contributed by atoms with Crippen molar-refractivity contribution in [3.05, 3.63) is 0 Å². The van der Waals surface area contributed by atoms with E-state index >= 15 is 0 Å². The largest absolute Gasteiger partial charge is 0.384 e. The van der Waals surface area contributed by atoms with E-state index in [9.17, 15) is 5.11 Å². The van der Waals surface area contributed by atoms with E-state index in [1.165, 1.54) is 0 Å². The molecule has 3 heteroatoms. The number of aliphatic imine (C=N–C) groups is 1. The van der Waals surface area contributed by atoms with Crippen LogP contribution < -0.4 is 0 Å². The van der Waals surface area contributed by atoms with E-state index in [1.807, 2.05) is 20.8 Å². The maximum Gasteiger partial charge on any atom is 0.102 e. The minimum Gasteiger partial charge on any atom is -0.384 e. The first-order valence-electron chi connectivity index (χ1n) is 5.73. The average molecular weight is 344 g/mol. The van der Waals surface area contributed by atoms with Crippen LogP contribution in [0.1, 0.15) is 60.3 Å². The van der Waals surface area contributed by atoms with Gasteiger partial charge in [-0.05, 0) is 33.6 Å². The fraction of sp³-hybridized carbons (Fsp3) is 0.917. The Labute approximate surface area is 127 Å². The van der Waals surface area contributed by atoms with Crippen molar-refractivity contribution in [3.63, 3.8) is 0 Å². The van der Waals surface area contributed by atoms with Crippen molar-refractivity contribution in [1.29, 1.82) is 0 Å². The van der Waals surface area contributed by atoms with E-state index < -0.39 is 5.60 Å². The van der Waals surface area contributed by atoms with Crippen molar-refractivity contribution in [2.75, 3.05) is 0 Å². The molecule has 0 spiro atoms. The molecule has 1 radical (unpaired) electrons. The van der Waals surface area contributed by atoms with Gasteiger partial charge in [0.2, 0.25) is 0 Å². The average Bonchev–Trinajstić information content (AvgIpc) is 2.03. The van der Waals surface area contributed by atoms with Crippen LogP contribution in [0.2, 0.25) is 0 Å². The summed E-state index contributed by atoms with van der Waals surface area (Å²) in [4.78, 5) is 4.45. The van der Waals surface area contributed by atoms with Gasteiger partial charge in [0.25, 0.3) is 0 Å². The van der Waals surface area contributed by atoms with E-state index in [1.54, 1.807) is 0 Å². The van der Waals surface area contributed by atoms with Gasteiger partial charge in [-0.15, -0.1) is 0 Å². The summed E-state index contributed by atoms with van der Waals surface area (Å²) in [6.07, 6.45) is 3.65. The van der Waals surface area contributed by atoms with Crippen molar-refractivity contribution in [1.82, 2.24) is 0 Å². The van der Waals surface area contributed by atoms with Crippen LogP contribution in [0.5, 0.6) is 0 Å². The fourth-order valence-electron chi connectivity index (χ4n) is 1.82. The molecule has 0 amide bonds. The van der Waals surface area contributed by atoms with Crippen molar-refractivity contribution in [2.24, 2.45) is 4.99 Å². The van der Waals surface area contributed by atoms with Gasteiger partial charge < -0.3 is 5.11 Å². The number of rotatable bonds is 6. The zero-order valence-corrected chi connectivity index (χ0v) is 13.6. The van der Waals surface area contributed by atoms with Gasteiger partial charge in [0.15, 0.2) is 0 Å². The Bertz CT molecular complexity index is 184. The van der Waals surface area contributed by atoms with E-state index in [0.29, 0.717) is 0 Å². The zero-order valence-electron chi connectivity index (χ0n) is 10.7. The molecular weight excluding hydrogens is 319 g/mol. The van der Waals surface area contributed by atoms with Crippen LogP contribution in [-0.4, -0.2) is 22.5 Å². The van der Waals surface area contributed by atoms with Crippen LogP contribution in [-0.2, 0) is 0 Å². The second-order valence-electron chi connectivity index (χ2n) is 4.34. The minimum absolute atomic E-state index is 0. The van der Waals surface area contributed by atoms with Crippen molar-refractivity contribution in [2.45, 2.75) is 71.9 Å². The maximum absolute atomic E-state index is 10.4. The van der Waals surface area contributed by atoms with Crippen LogP contribution in [0.25, 0.3) is 0 Å². The van der Waals surface area contributed by atoms with Crippen LogP contribution in [0.15, 0.2) is 4.99 Å². The Kier molecular flexibility index (Phi) is 11.1. The Hall–Kier alpha value is 0.968. The molecule has 15 heavy (non-hydrogen) atoms. The quantitative estimate of drug-likeness (QED) is 0.738. The molecule has 0 aliphatic rings. The molecule has 0 atom stereocenters. The standard InChI is InChI=1S/C12H25NO.Pm/c1-6-8-12(14,9-7-2)11(5)13-10(3)4;/h10,14H,6-9H2,1-5H3;. The number of hydrogen-bond donors (Lipinski definition) is 1. The number of aliphatic hydroxyl groups is 1. The first-order chi connectivity index (χ1) is 6.46. The van der Waals surface area contributed by atoms with Gasteiger partial charge in [-0.25, -0.2) is 0 Å².